The molecule has 0 saturated carbocycles. The third-order valence-electron chi connectivity index (χ3n) is 4.90. The highest BCUT2D eigenvalue weighted by atomic mass is 19.1. The number of amides is 1. The summed E-state index contributed by atoms with van der Waals surface area (Å²) in [6.45, 7) is 7.50. The van der Waals surface area contributed by atoms with Crippen molar-refractivity contribution in [1.29, 1.82) is 0 Å². The maximum atomic E-state index is 13.4. The molecule has 0 aliphatic carbocycles. The fourth-order valence-electron chi connectivity index (χ4n) is 3.42. The molecule has 0 bridgehead atoms. The van der Waals surface area contributed by atoms with Crippen LogP contribution in [0, 0.1) is 33.5 Å². The molecule has 4 aromatic rings. The molecule has 0 atom stereocenters. The lowest BCUT2D eigenvalue weighted by Gasteiger charge is -2.10. The predicted molar refractivity (Wildman–Crippen MR) is 112 cm³/mol. The third-order valence-corrected chi connectivity index (χ3v) is 4.90. The largest absolute Gasteiger partial charge is 0.322 e. The van der Waals surface area contributed by atoms with Gasteiger partial charge < -0.3 is 5.32 Å². The van der Waals surface area contributed by atoms with Gasteiger partial charge in [0.05, 0.1) is 22.3 Å². The molecule has 2 aromatic heterocycles. The molecule has 5 nitrogen and oxygen atoms in total. The van der Waals surface area contributed by atoms with Crippen LogP contribution in [-0.2, 0) is 0 Å². The standard InChI is InChI=1S/C23H21FN4O/c1-13-5-8-18(9-6-13)28-22-21(16(4)27-28)19(12-15(3)25-22)23(29)26-20-10-7-17(24)11-14(20)2/h5-12H,1-4H3,(H,26,29). The monoisotopic (exact) mass is 388 g/mol. The Hall–Kier alpha value is -3.54. The Kier molecular flexibility index (Phi) is 4.62. The maximum Gasteiger partial charge on any atom is 0.256 e. The van der Waals surface area contributed by atoms with Crippen molar-refractivity contribution in [3.05, 3.63) is 82.4 Å². The van der Waals surface area contributed by atoms with Crippen molar-refractivity contribution < 1.29 is 9.18 Å². The summed E-state index contributed by atoms with van der Waals surface area (Å²) in [4.78, 5) is 17.7. The number of nitrogens with one attached hydrogen (secondary N) is 1. The second kappa shape index (κ2) is 7.13. The van der Waals surface area contributed by atoms with Crippen LogP contribution >= 0.6 is 0 Å². The van der Waals surface area contributed by atoms with E-state index in [1.54, 1.807) is 23.7 Å². The van der Waals surface area contributed by atoms with Crippen LogP contribution in [0.4, 0.5) is 10.1 Å². The fraction of sp³-hybridized carbons (Fsp3) is 0.174. The van der Waals surface area contributed by atoms with Crippen LogP contribution in [0.25, 0.3) is 16.7 Å². The van der Waals surface area contributed by atoms with Gasteiger partial charge in [-0.1, -0.05) is 17.7 Å². The lowest BCUT2D eigenvalue weighted by molar-refractivity contribution is 0.102. The topological polar surface area (TPSA) is 59.8 Å². The SMILES string of the molecule is Cc1ccc(-n2nc(C)c3c(C(=O)Nc4ccc(F)cc4C)cc(C)nc32)cc1. The van der Waals surface area contributed by atoms with Crippen LogP contribution < -0.4 is 5.32 Å². The van der Waals surface area contributed by atoms with Gasteiger partial charge in [-0.05, 0) is 69.7 Å². The highest BCUT2D eigenvalue weighted by Gasteiger charge is 2.20. The minimum Gasteiger partial charge on any atom is -0.322 e. The molecule has 2 aromatic carbocycles. The molecule has 4 rings (SSSR count). The van der Waals surface area contributed by atoms with Crippen molar-refractivity contribution in [3.63, 3.8) is 0 Å². The van der Waals surface area contributed by atoms with Gasteiger partial charge in [0.25, 0.3) is 5.91 Å². The molecule has 29 heavy (non-hydrogen) atoms. The van der Waals surface area contributed by atoms with E-state index in [9.17, 15) is 9.18 Å². The van der Waals surface area contributed by atoms with Crippen LogP contribution in [0.2, 0.25) is 0 Å². The number of pyridine rings is 1. The van der Waals surface area contributed by atoms with Gasteiger partial charge in [0.1, 0.15) is 5.82 Å². The van der Waals surface area contributed by atoms with E-state index < -0.39 is 0 Å². The van der Waals surface area contributed by atoms with E-state index in [-0.39, 0.29) is 11.7 Å². The summed E-state index contributed by atoms with van der Waals surface area (Å²) in [5.74, 6) is -0.611. The molecule has 0 fully saturated rings. The number of fused-ring (bicyclic) bond motifs is 1. The first-order chi connectivity index (χ1) is 13.8. The lowest BCUT2D eigenvalue weighted by atomic mass is 10.1. The molecule has 2 heterocycles. The molecule has 1 amide bonds. The Bertz CT molecular complexity index is 1240. The minimum absolute atomic E-state index is 0.276. The molecule has 0 unspecified atom stereocenters. The number of anilines is 1. The summed E-state index contributed by atoms with van der Waals surface area (Å²) in [6.07, 6.45) is 0. The van der Waals surface area contributed by atoms with E-state index in [0.29, 0.717) is 39.2 Å². The van der Waals surface area contributed by atoms with Crippen LogP contribution in [-0.4, -0.2) is 20.7 Å². The molecule has 1 N–H and O–H groups in total. The minimum atomic E-state index is -0.335. The highest BCUT2D eigenvalue weighted by molar-refractivity contribution is 6.13. The normalized spacial score (nSPS) is 11.1. The number of carbonyl (C=O) groups is 1. The van der Waals surface area contributed by atoms with E-state index in [1.165, 1.54) is 12.1 Å². The summed E-state index contributed by atoms with van der Waals surface area (Å²) in [6, 6.07) is 14.0. The first kappa shape index (κ1) is 18.8. The van der Waals surface area contributed by atoms with E-state index in [1.807, 2.05) is 45.0 Å². The Morgan fingerprint density at radius 2 is 1.72 bits per heavy atom. The van der Waals surface area contributed by atoms with E-state index in [2.05, 4.69) is 15.4 Å². The van der Waals surface area contributed by atoms with Gasteiger partial charge in [-0.25, -0.2) is 14.1 Å². The van der Waals surface area contributed by atoms with Gasteiger partial charge in [0.2, 0.25) is 0 Å². The number of benzene rings is 2. The molecule has 0 radical (unpaired) electrons. The molecule has 6 heteroatoms. The number of hydrogen-bond donors (Lipinski definition) is 1. The fourth-order valence-corrected chi connectivity index (χ4v) is 3.42. The maximum absolute atomic E-state index is 13.4. The van der Waals surface area contributed by atoms with Crippen LogP contribution in [0.3, 0.4) is 0 Å². The zero-order valence-corrected chi connectivity index (χ0v) is 16.7. The van der Waals surface area contributed by atoms with Crippen molar-refractivity contribution in [2.24, 2.45) is 0 Å². The van der Waals surface area contributed by atoms with Gasteiger partial charge in [-0.2, -0.15) is 5.10 Å². The summed E-state index contributed by atoms with van der Waals surface area (Å²) in [5, 5.41) is 8.22. The Morgan fingerprint density at radius 3 is 2.41 bits per heavy atom. The summed E-state index contributed by atoms with van der Waals surface area (Å²) in [5.41, 5.74) is 5.82. The van der Waals surface area contributed by atoms with E-state index in [0.717, 1.165) is 11.3 Å². The first-order valence-corrected chi connectivity index (χ1v) is 9.35. The number of aryl methyl sites for hydroxylation is 4. The van der Waals surface area contributed by atoms with Crippen molar-refractivity contribution in [2.45, 2.75) is 27.7 Å². The second-order valence-corrected chi connectivity index (χ2v) is 7.26. The zero-order chi connectivity index (χ0) is 20.7. The van der Waals surface area contributed by atoms with Gasteiger partial charge in [-0.3, -0.25) is 4.79 Å². The molecular formula is C23H21FN4O. The Morgan fingerprint density at radius 1 is 1.00 bits per heavy atom. The molecule has 0 spiro atoms. The Labute approximate surface area is 168 Å². The zero-order valence-electron chi connectivity index (χ0n) is 16.7. The number of carbonyl (C=O) groups excluding carboxylic acids is 1. The number of rotatable bonds is 3. The number of halogens is 1. The summed E-state index contributed by atoms with van der Waals surface area (Å²) >= 11 is 0. The average molecular weight is 388 g/mol. The van der Waals surface area contributed by atoms with Crippen molar-refractivity contribution in [1.82, 2.24) is 14.8 Å². The number of hydrogen-bond acceptors (Lipinski definition) is 3. The molecule has 0 aliphatic heterocycles. The molecule has 0 saturated heterocycles. The average Bonchev–Trinajstić information content (AvgIpc) is 3.00. The predicted octanol–water partition coefficient (Wildman–Crippen LogP) is 5.05. The summed E-state index contributed by atoms with van der Waals surface area (Å²) in [7, 11) is 0. The van der Waals surface area contributed by atoms with Gasteiger partial charge in [0.15, 0.2) is 5.65 Å². The number of aromatic nitrogens is 3. The van der Waals surface area contributed by atoms with Crippen LogP contribution in [0.1, 0.15) is 32.9 Å². The van der Waals surface area contributed by atoms with Crippen molar-refractivity contribution in [2.75, 3.05) is 5.32 Å². The molecular weight excluding hydrogens is 367 g/mol. The Balaban J connectivity index is 1.82. The van der Waals surface area contributed by atoms with Crippen molar-refractivity contribution >= 4 is 22.6 Å². The third kappa shape index (κ3) is 3.49. The van der Waals surface area contributed by atoms with Gasteiger partial charge in [0, 0.05) is 11.4 Å². The quantitative estimate of drug-likeness (QED) is 0.534. The molecule has 146 valence electrons. The first-order valence-electron chi connectivity index (χ1n) is 9.35. The second-order valence-electron chi connectivity index (χ2n) is 7.26. The van der Waals surface area contributed by atoms with Crippen LogP contribution in [0.15, 0.2) is 48.5 Å². The van der Waals surface area contributed by atoms with E-state index in [4.69, 9.17) is 0 Å². The van der Waals surface area contributed by atoms with Crippen LogP contribution in [0.5, 0.6) is 0 Å². The van der Waals surface area contributed by atoms with Gasteiger partial charge in [-0.15, -0.1) is 0 Å². The lowest BCUT2D eigenvalue weighted by Crippen LogP contribution is -2.14. The number of nitrogens with zero attached hydrogens (tertiary/aromatic N) is 3. The van der Waals surface area contributed by atoms with Crippen molar-refractivity contribution in [3.8, 4) is 5.69 Å². The van der Waals surface area contributed by atoms with Gasteiger partial charge >= 0.3 is 0 Å². The molecule has 0 aliphatic rings. The highest BCUT2D eigenvalue weighted by Crippen LogP contribution is 2.26. The van der Waals surface area contributed by atoms with E-state index >= 15 is 0 Å². The summed E-state index contributed by atoms with van der Waals surface area (Å²) < 4.78 is 15.1. The smallest absolute Gasteiger partial charge is 0.256 e.